The van der Waals surface area contributed by atoms with Crippen molar-refractivity contribution in [1.29, 1.82) is 0 Å². The highest BCUT2D eigenvalue weighted by Crippen LogP contribution is 2.32. The van der Waals surface area contributed by atoms with E-state index < -0.39 is 0 Å². The van der Waals surface area contributed by atoms with Gasteiger partial charge in [-0.25, -0.2) is 4.98 Å². The first-order chi connectivity index (χ1) is 15.7. The van der Waals surface area contributed by atoms with E-state index in [0.717, 1.165) is 16.0 Å². The summed E-state index contributed by atoms with van der Waals surface area (Å²) in [6.45, 7) is 8.30. The lowest BCUT2D eigenvalue weighted by atomic mass is 10.1. The molecule has 0 saturated carbocycles. The number of thioether (sulfide) groups is 1. The summed E-state index contributed by atoms with van der Waals surface area (Å²) >= 11 is 2.76. The first-order valence-electron chi connectivity index (χ1n) is 10.8. The molecule has 4 rings (SSSR count). The number of hydrogen-bond donors (Lipinski definition) is 1. The van der Waals surface area contributed by atoms with Crippen LogP contribution >= 0.6 is 23.1 Å². The summed E-state index contributed by atoms with van der Waals surface area (Å²) in [5, 5.41) is 3.52. The van der Waals surface area contributed by atoms with Crippen molar-refractivity contribution in [2.45, 2.75) is 44.9 Å². The second kappa shape index (κ2) is 9.53. The third-order valence-electron chi connectivity index (χ3n) is 4.97. The number of nitrogens with zero attached hydrogens (tertiary/aromatic N) is 2. The molecule has 2 aromatic carbocycles. The van der Waals surface area contributed by atoms with Gasteiger partial charge in [0.25, 0.3) is 5.56 Å². The van der Waals surface area contributed by atoms with Crippen molar-refractivity contribution in [2.24, 2.45) is 0 Å². The monoisotopic (exact) mass is 477 g/mol. The molecule has 2 heterocycles. The van der Waals surface area contributed by atoms with E-state index in [2.05, 4.69) is 36.5 Å². The summed E-state index contributed by atoms with van der Waals surface area (Å²) in [6, 6.07) is 20.1. The number of rotatable bonds is 6. The first kappa shape index (κ1) is 23.3. The number of aromatic nitrogens is 2. The highest BCUT2D eigenvalue weighted by Gasteiger charge is 2.18. The van der Waals surface area contributed by atoms with Crippen LogP contribution in [0.25, 0.3) is 20.7 Å². The van der Waals surface area contributed by atoms with Gasteiger partial charge in [0, 0.05) is 10.4 Å². The molecular formula is C26H27N3O2S2. The van der Waals surface area contributed by atoms with Crippen molar-refractivity contribution in [2.75, 3.05) is 5.75 Å². The smallest absolute Gasteiger partial charge is 0.272 e. The minimum Gasteiger partial charge on any atom is -0.351 e. The maximum atomic E-state index is 13.5. The molecule has 33 heavy (non-hydrogen) atoms. The molecular weight excluding hydrogens is 450 g/mol. The van der Waals surface area contributed by atoms with E-state index in [4.69, 9.17) is 4.98 Å². The topological polar surface area (TPSA) is 64.0 Å². The SMILES string of the molecule is Cc1ccc(-c2cc3nc(SCC(=O)NC(C)(C)C)n(Cc4ccccc4)c(=O)c3s2)cc1. The number of carbonyl (C=O) groups is 1. The number of benzene rings is 2. The maximum Gasteiger partial charge on any atom is 0.272 e. The van der Waals surface area contributed by atoms with Crippen molar-refractivity contribution in [3.05, 3.63) is 82.1 Å². The highest BCUT2D eigenvalue weighted by molar-refractivity contribution is 7.99. The van der Waals surface area contributed by atoms with Crippen LogP contribution in [0.15, 0.2) is 70.6 Å². The van der Waals surface area contributed by atoms with Crippen LogP contribution < -0.4 is 10.9 Å². The summed E-state index contributed by atoms with van der Waals surface area (Å²) in [5.74, 6) is 0.109. The van der Waals surface area contributed by atoms with Gasteiger partial charge in [-0.05, 0) is 44.9 Å². The van der Waals surface area contributed by atoms with Gasteiger partial charge < -0.3 is 5.32 Å². The second-order valence-corrected chi connectivity index (χ2v) is 11.0. The molecule has 0 aliphatic rings. The Balaban J connectivity index is 1.74. The fourth-order valence-electron chi connectivity index (χ4n) is 3.45. The Morgan fingerprint density at radius 1 is 1.09 bits per heavy atom. The Hall–Kier alpha value is -2.90. The average molecular weight is 478 g/mol. The standard InChI is InChI=1S/C26H27N3O2S2/c1-17-10-12-19(13-11-17)21-14-20-23(33-21)24(31)29(15-18-8-6-5-7-9-18)25(27-20)32-16-22(30)28-26(2,3)4/h5-14H,15-16H2,1-4H3,(H,28,30). The van der Waals surface area contributed by atoms with Crippen LogP contribution in [0.5, 0.6) is 0 Å². The fraction of sp³-hybridized carbons (Fsp3) is 0.269. The molecule has 0 radical (unpaired) electrons. The largest absolute Gasteiger partial charge is 0.351 e. The zero-order valence-corrected chi connectivity index (χ0v) is 20.8. The highest BCUT2D eigenvalue weighted by atomic mass is 32.2. The average Bonchev–Trinajstić information content (AvgIpc) is 3.19. The number of fused-ring (bicyclic) bond motifs is 1. The lowest BCUT2D eigenvalue weighted by Crippen LogP contribution is -2.41. The van der Waals surface area contributed by atoms with Crippen LogP contribution in [0.2, 0.25) is 0 Å². The molecule has 4 aromatic rings. The van der Waals surface area contributed by atoms with Crippen LogP contribution in [0, 0.1) is 6.92 Å². The number of hydrogen-bond acceptors (Lipinski definition) is 5. The van der Waals surface area contributed by atoms with Gasteiger partial charge in [-0.1, -0.05) is 71.9 Å². The molecule has 0 atom stereocenters. The van der Waals surface area contributed by atoms with Crippen LogP contribution in [0.1, 0.15) is 31.9 Å². The number of aryl methyl sites for hydroxylation is 1. The molecule has 7 heteroatoms. The van der Waals surface area contributed by atoms with Gasteiger partial charge in [-0.2, -0.15) is 0 Å². The van der Waals surface area contributed by atoms with Gasteiger partial charge in [-0.15, -0.1) is 11.3 Å². The summed E-state index contributed by atoms with van der Waals surface area (Å²) in [7, 11) is 0. The molecule has 1 amide bonds. The number of amides is 1. The van der Waals surface area contributed by atoms with Gasteiger partial charge >= 0.3 is 0 Å². The van der Waals surface area contributed by atoms with E-state index in [1.165, 1.54) is 28.7 Å². The molecule has 170 valence electrons. The summed E-state index contributed by atoms with van der Waals surface area (Å²) in [6.07, 6.45) is 0. The van der Waals surface area contributed by atoms with E-state index in [9.17, 15) is 9.59 Å². The van der Waals surface area contributed by atoms with E-state index in [0.29, 0.717) is 21.9 Å². The van der Waals surface area contributed by atoms with Crippen LogP contribution in [0.3, 0.4) is 0 Å². The third kappa shape index (κ3) is 5.72. The van der Waals surface area contributed by atoms with Crippen molar-refractivity contribution in [3.8, 4) is 10.4 Å². The van der Waals surface area contributed by atoms with Crippen molar-refractivity contribution in [3.63, 3.8) is 0 Å². The molecule has 0 fully saturated rings. The third-order valence-corrected chi connectivity index (χ3v) is 7.10. The molecule has 0 spiro atoms. The first-order valence-corrected chi connectivity index (χ1v) is 12.6. The lowest BCUT2D eigenvalue weighted by Gasteiger charge is -2.20. The van der Waals surface area contributed by atoms with E-state index in [-0.39, 0.29) is 22.8 Å². The lowest BCUT2D eigenvalue weighted by molar-refractivity contribution is -0.119. The maximum absolute atomic E-state index is 13.5. The number of nitrogens with one attached hydrogen (secondary N) is 1. The van der Waals surface area contributed by atoms with Crippen molar-refractivity contribution >= 4 is 39.2 Å². The molecule has 2 aromatic heterocycles. The quantitative estimate of drug-likeness (QED) is 0.295. The predicted octanol–water partition coefficient (Wildman–Crippen LogP) is 5.49. The van der Waals surface area contributed by atoms with Crippen molar-refractivity contribution < 1.29 is 4.79 Å². The van der Waals surface area contributed by atoms with Crippen LogP contribution in [0.4, 0.5) is 0 Å². The summed E-state index contributed by atoms with van der Waals surface area (Å²) < 4.78 is 2.31. The Kier molecular flexibility index (Phi) is 6.72. The number of carbonyl (C=O) groups excluding carboxylic acids is 1. The normalized spacial score (nSPS) is 11.6. The fourth-order valence-corrected chi connectivity index (χ4v) is 5.30. The molecule has 5 nitrogen and oxygen atoms in total. The van der Waals surface area contributed by atoms with E-state index in [1.807, 2.05) is 57.2 Å². The van der Waals surface area contributed by atoms with Crippen LogP contribution in [-0.2, 0) is 11.3 Å². The van der Waals surface area contributed by atoms with Crippen molar-refractivity contribution in [1.82, 2.24) is 14.9 Å². The zero-order chi connectivity index (χ0) is 23.6. The van der Waals surface area contributed by atoms with Gasteiger partial charge in [0.1, 0.15) is 4.70 Å². The van der Waals surface area contributed by atoms with E-state index in [1.54, 1.807) is 4.57 Å². The van der Waals surface area contributed by atoms with Crippen LogP contribution in [-0.4, -0.2) is 26.8 Å². The Bertz CT molecular complexity index is 1330. The summed E-state index contributed by atoms with van der Waals surface area (Å²) in [5.41, 5.74) is 3.55. The Morgan fingerprint density at radius 2 is 1.79 bits per heavy atom. The molecule has 0 unspecified atom stereocenters. The van der Waals surface area contributed by atoms with Gasteiger partial charge in [0.2, 0.25) is 5.91 Å². The van der Waals surface area contributed by atoms with E-state index >= 15 is 0 Å². The second-order valence-electron chi connectivity index (χ2n) is 9.05. The molecule has 0 aliphatic heterocycles. The van der Waals surface area contributed by atoms with Gasteiger partial charge in [0.05, 0.1) is 17.8 Å². The summed E-state index contributed by atoms with van der Waals surface area (Å²) in [4.78, 5) is 31.8. The molecule has 0 saturated heterocycles. The van der Waals surface area contributed by atoms with Gasteiger partial charge in [-0.3, -0.25) is 14.2 Å². The minimum atomic E-state index is -0.310. The Labute approximate surface area is 201 Å². The zero-order valence-electron chi connectivity index (χ0n) is 19.2. The predicted molar refractivity (Wildman–Crippen MR) is 138 cm³/mol. The van der Waals surface area contributed by atoms with Gasteiger partial charge in [0.15, 0.2) is 5.16 Å². The minimum absolute atomic E-state index is 0.0778. The number of thiophene rings is 1. The molecule has 1 N–H and O–H groups in total. The molecule has 0 bridgehead atoms. The Morgan fingerprint density at radius 3 is 2.45 bits per heavy atom. The molecule has 0 aliphatic carbocycles.